The molecule has 0 amide bonds. The minimum Gasteiger partial charge on any atom is -0.402 e. The Morgan fingerprint density at radius 1 is 1.47 bits per heavy atom. The van der Waals surface area contributed by atoms with Crippen molar-refractivity contribution < 1.29 is 18.4 Å². The highest BCUT2D eigenvalue weighted by molar-refractivity contribution is 5.91. The molecule has 2 rings (SSSR count). The summed E-state index contributed by atoms with van der Waals surface area (Å²) in [7, 11) is 0. The van der Waals surface area contributed by atoms with Crippen molar-refractivity contribution in [3.63, 3.8) is 0 Å². The molecule has 0 bridgehead atoms. The lowest BCUT2D eigenvalue weighted by Gasteiger charge is -2.04. The summed E-state index contributed by atoms with van der Waals surface area (Å²) in [6.07, 6.45) is 1.75. The molecule has 2 aromatic heterocycles. The van der Waals surface area contributed by atoms with Crippen LogP contribution >= 0.6 is 0 Å². The zero-order valence-corrected chi connectivity index (χ0v) is 10.5. The molecular weight excluding hydrogens is 253 g/mol. The van der Waals surface area contributed by atoms with Gasteiger partial charge in [-0.2, -0.15) is 5.10 Å². The van der Waals surface area contributed by atoms with E-state index in [1.165, 1.54) is 12.3 Å². The van der Waals surface area contributed by atoms with E-state index in [1.807, 2.05) is 6.92 Å². The van der Waals surface area contributed by atoms with Gasteiger partial charge in [-0.15, -0.1) is 5.10 Å². The second-order valence-corrected chi connectivity index (χ2v) is 3.84. The lowest BCUT2D eigenvalue weighted by atomic mass is 10.2. The van der Waals surface area contributed by atoms with Crippen molar-refractivity contribution in [3.05, 3.63) is 34.8 Å². The summed E-state index contributed by atoms with van der Waals surface area (Å²) in [4.78, 5) is 11.9. The van der Waals surface area contributed by atoms with Crippen LogP contribution in [-0.2, 0) is 13.1 Å². The number of esters is 1. The fraction of sp³-hybridized carbons (Fsp3) is 0.333. The first-order valence-electron chi connectivity index (χ1n) is 5.70. The molecule has 6 nitrogen and oxygen atoms in total. The molecule has 0 aromatic carbocycles. The predicted molar refractivity (Wildman–Crippen MR) is 62.4 cm³/mol. The Morgan fingerprint density at radius 2 is 2.26 bits per heavy atom. The number of rotatable bonds is 4. The van der Waals surface area contributed by atoms with E-state index in [0.717, 1.165) is 0 Å². The molecule has 0 aliphatic heterocycles. The molecule has 0 fully saturated rings. The minimum absolute atomic E-state index is 0.0495. The normalized spacial score (nSPS) is 10.5. The summed E-state index contributed by atoms with van der Waals surface area (Å²) in [6.45, 7) is 2.77. The number of aromatic nitrogens is 3. The minimum atomic E-state index is -0.695. The Balaban J connectivity index is 2.19. The van der Waals surface area contributed by atoms with Crippen LogP contribution in [0.3, 0.4) is 0 Å². The monoisotopic (exact) mass is 265 g/mol. The molecule has 0 radical (unpaired) electrons. The van der Waals surface area contributed by atoms with Crippen molar-refractivity contribution in [3.8, 4) is 5.88 Å². The van der Waals surface area contributed by atoms with Gasteiger partial charge in [-0.05, 0) is 13.3 Å². The molecule has 2 heterocycles. The van der Waals surface area contributed by atoms with E-state index >= 15 is 0 Å². The molecule has 7 heteroatoms. The third kappa shape index (κ3) is 2.75. The van der Waals surface area contributed by atoms with Crippen LogP contribution in [0.5, 0.6) is 5.88 Å². The molecule has 0 spiro atoms. The van der Waals surface area contributed by atoms with Gasteiger partial charge in [0.05, 0.1) is 11.4 Å². The second kappa shape index (κ2) is 5.55. The lowest BCUT2D eigenvalue weighted by molar-refractivity contribution is 0.0723. The SMILES string of the molecule is CCc1nocc1C(=O)Oc1cc(CF)c(C)nn1. The number of hydrogen-bond acceptors (Lipinski definition) is 6. The first-order chi connectivity index (χ1) is 9.15. The van der Waals surface area contributed by atoms with Crippen molar-refractivity contribution in [1.29, 1.82) is 0 Å². The fourth-order valence-electron chi connectivity index (χ4n) is 1.49. The number of alkyl halides is 1. The topological polar surface area (TPSA) is 78.1 Å². The first-order valence-corrected chi connectivity index (χ1v) is 5.70. The van der Waals surface area contributed by atoms with Crippen LogP contribution < -0.4 is 4.74 Å². The van der Waals surface area contributed by atoms with Crippen molar-refractivity contribution >= 4 is 5.97 Å². The van der Waals surface area contributed by atoms with Crippen molar-refractivity contribution in [1.82, 2.24) is 15.4 Å². The van der Waals surface area contributed by atoms with E-state index in [4.69, 9.17) is 9.26 Å². The van der Waals surface area contributed by atoms with Crippen LogP contribution in [0.15, 0.2) is 16.9 Å². The average molecular weight is 265 g/mol. The first kappa shape index (κ1) is 13.1. The second-order valence-electron chi connectivity index (χ2n) is 3.84. The van der Waals surface area contributed by atoms with Crippen LogP contribution in [0.4, 0.5) is 4.39 Å². The van der Waals surface area contributed by atoms with Crippen molar-refractivity contribution in [2.75, 3.05) is 0 Å². The maximum Gasteiger partial charge on any atom is 0.350 e. The highest BCUT2D eigenvalue weighted by atomic mass is 19.1. The maximum absolute atomic E-state index is 12.7. The van der Waals surface area contributed by atoms with Gasteiger partial charge < -0.3 is 9.26 Å². The summed E-state index contributed by atoms with van der Waals surface area (Å²) in [5, 5.41) is 11.1. The third-order valence-corrected chi connectivity index (χ3v) is 2.60. The van der Waals surface area contributed by atoms with Gasteiger partial charge in [-0.25, -0.2) is 9.18 Å². The van der Waals surface area contributed by atoms with Gasteiger partial charge in [0.25, 0.3) is 0 Å². The summed E-state index contributed by atoms with van der Waals surface area (Å²) in [5.41, 5.74) is 1.52. The number of ether oxygens (including phenoxy) is 1. The Bertz CT molecular complexity index is 598. The summed E-state index contributed by atoms with van der Waals surface area (Å²) >= 11 is 0. The number of carbonyl (C=O) groups is 1. The molecule has 2 aromatic rings. The fourth-order valence-corrected chi connectivity index (χ4v) is 1.49. The third-order valence-electron chi connectivity index (χ3n) is 2.60. The molecule has 0 aliphatic rings. The van der Waals surface area contributed by atoms with E-state index in [0.29, 0.717) is 23.4 Å². The Morgan fingerprint density at radius 3 is 2.95 bits per heavy atom. The molecule has 0 atom stereocenters. The van der Waals surface area contributed by atoms with Gasteiger partial charge in [-0.1, -0.05) is 12.1 Å². The average Bonchev–Trinajstić information content (AvgIpc) is 2.89. The Hall–Kier alpha value is -2.31. The van der Waals surface area contributed by atoms with Gasteiger partial charge in [0.2, 0.25) is 5.88 Å². The Labute approximate surface area is 108 Å². The number of hydrogen-bond donors (Lipinski definition) is 0. The quantitative estimate of drug-likeness (QED) is 0.787. The molecule has 19 heavy (non-hydrogen) atoms. The van der Waals surface area contributed by atoms with E-state index < -0.39 is 12.6 Å². The molecule has 0 N–H and O–H groups in total. The van der Waals surface area contributed by atoms with E-state index in [2.05, 4.69) is 15.4 Å². The molecule has 0 unspecified atom stereocenters. The van der Waals surface area contributed by atoms with E-state index in [9.17, 15) is 9.18 Å². The van der Waals surface area contributed by atoms with Crippen LogP contribution in [0.1, 0.15) is 34.2 Å². The van der Waals surface area contributed by atoms with Gasteiger partial charge in [-0.3, -0.25) is 0 Å². The number of aryl methyl sites for hydroxylation is 2. The van der Waals surface area contributed by atoms with Crippen LogP contribution in [0.2, 0.25) is 0 Å². The molecule has 100 valence electrons. The van der Waals surface area contributed by atoms with Crippen molar-refractivity contribution in [2.45, 2.75) is 26.9 Å². The van der Waals surface area contributed by atoms with E-state index in [1.54, 1.807) is 6.92 Å². The summed E-state index contributed by atoms with van der Waals surface area (Å²) in [5.74, 6) is -0.701. The molecular formula is C12H12FN3O3. The Kier molecular flexibility index (Phi) is 3.84. The summed E-state index contributed by atoms with van der Waals surface area (Å²) in [6, 6.07) is 1.35. The summed E-state index contributed by atoms with van der Waals surface area (Å²) < 4.78 is 22.4. The highest BCUT2D eigenvalue weighted by Crippen LogP contribution is 2.15. The molecule has 0 saturated carbocycles. The lowest BCUT2D eigenvalue weighted by Crippen LogP contribution is -2.12. The van der Waals surface area contributed by atoms with Crippen LogP contribution in [0.25, 0.3) is 0 Å². The predicted octanol–water partition coefficient (Wildman–Crippen LogP) is 2.02. The van der Waals surface area contributed by atoms with Gasteiger partial charge in [0, 0.05) is 11.6 Å². The highest BCUT2D eigenvalue weighted by Gasteiger charge is 2.18. The molecule has 0 saturated heterocycles. The van der Waals surface area contributed by atoms with E-state index in [-0.39, 0.29) is 11.4 Å². The van der Waals surface area contributed by atoms with Gasteiger partial charge in [0.15, 0.2) is 0 Å². The van der Waals surface area contributed by atoms with Gasteiger partial charge >= 0.3 is 5.97 Å². The largest absolute Gasteiger partial charge is 0.402 e. The number of nitrogens with zero attached hydrogens (tertiary/aromatic N) is 3. The zero-order valence-electron chi connectivity index (χ0n) is 10.5. The van der Waals surface area contributed by atoms with Crippen LogP contribution in [-0.4, -0.2) is 21.3 Å². The van der Waals surface area contributed by atoms with Gasteiger partial charge in [0.1, 0.15) is 18.5 Å². The number of carbonyl (C=O) groups excluding carboxylic acids is 1. The maximum atomic E-state index is 12.7. The zero-order chi connectivity index (χ0) is 13.8. The molecule has 0 aliphatic carbocycles. The standard InChI is InChI=1S/C12H12FN3O3/c1-3-10-9(6-18-16-10)12(17)19-11-4-8(5-13)7(2)14-15-11/h4,6H,3,5H2,1-2H3. The number of halogens is 1. The van der Waals surface area contributed by atoms with Crippen LogP contribution in [0, 0.1) is 6.92 Å². The smallest absolute Gasteiger partial charge is 0.350 e. The van der Waals surface area contributed by atoms with Crippen molar-refractivity contribution in [2.24, 2.45) is 0 Å².